The van der Waals surface area contributed by atoms with Crippen molar-refractivity contribution < 1.29 is 23.8 Å². The number of hydrogen-bond acceptors (Lipinski definition) is 6. The van der Waals surface area contributed by atoms with Gasteiger partial charge in [-0.2, -0.15) is 0 Å². The summed E-state index contributed by atoms with van der Waals surface area (Å²) in [6, 6.07) is 5.55. The molecule has 0 radical (unpaired) electrons. The fraction of sp³-hybridized carbons (Fsp3) is 0.474. The van der Waals surface area contributed by atoms with E-state index in [1.165, 1.54) is 0 Å². The number of carbonyl (C=O) groups is 1. The number of aromatic nitrogens is 1. The number of oxazole rings is 1. The maximum Gasteiger partial charge on any atom is 0.306 e. The average molecular weight is 360 g/mol. The topological polar surface area (TPSA) is 85.0 Å². The van der Waals surface area contributed by atoms with Gasteiger partial charge in [0.25, 0.3) is 0 Å². The molecule has 0 bridgehead atoms. The van der Waals surface area contributed by atoms with E-state index in [1.807, 2.05) is 25.1 Å². The van der Waals surface area contributed by atoms with E-state index >= 15 is 0 Å². The molecule has 1 fully saturated rings. The monoisotopic (exact) mass is 360 g/mol. The number of nitrogens with zero attached hydrogens (tertiary/aromatic N) is 2. The standard InChI is InChI=1S/C19H24N2O5/c1-12-15(11-21-8-6-13(7-9-21)19(22)23)20-18(26-12)14-4-5-16(24-2)17(10-14)25-3/h4-5,10,13H,6-9,11H2,1-3H3,(H,22,23). The molecular formula is C19H24N2O5. The molecule has 7 heteroatoms. The van der Waals surface area contributed by atoms with Crippen LogP contribution in [0.2, 0.25) is 0 Å². The van der Waals surface area contributed by atoms with Gasteiger partial charge in [0.15, 0.2) is 11.5 Å². The van der Waals surface area contributed by atoms with Gasteiger partial charge in [0, 0.05) is 12.1 Å². The van der Waals surface area contributed by atoms with E-state index in [9.17, 15) is 4.79 Å². The molecular weight excluding hydrogens is 336 g/mol. The van der Waals surface area contributed by atoms with Gasteiger partial charge in [-0.25, -0.2) is 4.98 Å². The summed E-state index contributed by atoms with van der Waals surface area (Å²) in [5.41, 5.74) is 1.70. The van der Waals surface area contributed by atoms with E-state index in [0.29, 0.717) is 36.8 Å². The molecule has 0 amide bonds. The third-order valence-corrected chi connectivity index (χ3v) is 4.83. The highest BCUT2D eigenvalue weighted by atomic mass is 16.5. The van der Waals surface area contributed by atoms with Crippen molar-refractivity contribution in [2.24, 2.45) is 5.92 Å². The molecule has 1 N–H and O–H groups in total. The first-order valence-electron chi connectivity index (χ1n) is 8.65. The first-order chi connectivity index (χ1) is 12.5. The van der Waals surface area contributed by atoms with Crippen molar-refractivity contribution in [2.45, 2.75) is 26.3 Å². The predicted octanol–water partition coefficient (Wildman–Crippen LogP) is 2.96. The van der Waals surface area contributed by atoms with E-state index in [0.717, 1.165) is 30.1 Å². The average Bonchev–Trinajstić information content (AvgIpc) is 3.02. The van der Waals surface area contributed by atoms with E-state index in [4.69, 9.17) is 19.0 Å². The lowest BCUT2D eigenvalue weighted by molar-refractivity contribution is -0.143. The Bertz CT molecular complexity index is 778. The third-order valence-electron chi connectivity index (χ3n) is 4.83. The second kappa shape index (κ2) is 7.78. The third kappa shape index (κ3) is 3.83. The molecule has 140 valence electrons. The van der Waals surface area contributed by atoms with Gasteiger partial charge in [-0.3, -0.25) is 9.69 Å². The number of ether oxygens (including phenoxy) is 2. The molecule has 0 saturated carbocycles. The number of aryl methyl sites for hydroxylation is 1. The Morgan fingerprint density at radius 1 is 1.27 bits per heavy atom. The Labute approximate surface area is 152 Å². The van der Waals surface area contributed by atoms with Crippen molar-refractivity contribution >= 4 is 5.97 Å². The van der Waals surface area contributed by atoms with Gasteiger partial charge in [0.05, 0.1) is 25.8 Å². The second-order valence-electron chi connectivity index (χ2n) is 6.48. The number of methoxy groups -OCH3 is 2. The molecule has 0 atom stereocenters. The minimum absolute atomic E-state index is 0.230. The number of carboxylic acids is 1. The van der Waals surface area contributed by atoms with Crippen LogP contribution >= 0.6 is 0 Å². The number of aliphatic carboxylic acids is 1. The van der Waals surface area contributed by atoms with Crippen molar-refractivity contribution in [3.05, 3.63) is 29.7 Å². The molecule has 0 aliphatic carbocycles. The number of piperidine rings is 1. The van der Waals surface area contributed by atoms with Crippen LogP contribution in [-0.2, 0) is 11.3 Å². The van der Waals surface area contributed by atoms with Gasteiger partial charge < -0.3 is 19.0 Å². The first-order valence-corrected chi connectivity index (χ1v) is 8.65. The Morgan fingerprint density at radius 3 is 2.58 bits per heavy atom. The van der Waals surface area contributed by atoms with Gasteiger partial charge in [-0.1, -0.05) is 0 Å². The van der Waals surface area contributed by atoms with Crippen LogP contribution in [0.15, 0.2) is 22.6 Å². The Balaban J connectivity index is 1.73. The summed E-state index contributed by atoms with van der Waals surface area (Å²) in [5.74, 6) is 1.67. The number of hydrogen-bond donors (Lipinski definition) is 1. The van der Waals surface area contributed by atoms with Crippen molar-refractivity contribution in [3.8, 4) is 23.0 Å². The van der Waals surface area contributed by atoms with Crippen LogP contribution in [0.1, 0.15) is 24.3 Å². The number of rotatable bonds is 6. The van der Waals surface area contributed by atoms with Crippen LogP contribution in [0.4, 0.5) is 0 Å². The lowest BCUT2D eigenvalue weighted by Gasteiger charge is -2.29. The molecule has 0 spiro atoms. The molecule has 1 aromatic carbocycles. The van der Waals surface area contributed by atoms with Crippen LogP contribution in [0.3, 0.4) is 0 Å². The fourth-order valence-electron chi connectivity index (χ4n) is 3.22. The highest BCUT2D eigenvalue weighted by Crippen LogP contribution is 2.33. The molecule has 1 saturated heterocycles. The van der Waals surface area contributed by atoms with Gasteiger partial charge in [-0.05, 0) is 51.1 Å². The highest BCUT2D eigenvalue weighted by molar-refractivity contribution is 5.70. The lowest BCUT2D eigenvalue weighted by atomic mass is 9.97. The normalized spacial score (nSPS) is 15.8. The Morgan fingerprint density at radius 2 is 1.96 bits per heavy atom. The SMILES string of the molecule is COc1ccc(-c2nc(CN3CCC(C(=O)O)CC3)c(C)o2)cc1OC. The van der Waals surface area contributed by atoms with Crippen molar-refractivity contribution in [1.29, 1.82) is 0 Å². The number of carboxylic acid groups (broad SMARTS) is 1. The Hall–Kier alpha value is -2.54. The summed E-state index contributed by atoms with van der Waals surface area (Å²) < 4.78 is 16.4. The maximum atomic E-state index is 11.1. The van der Waals surface area contributed by atoms with Crippen LogP contribution in [0.5, 0.6) is 11.5 Å². The van der Waals surface area contributed by atoms with Gasteiger partial charge in [0.2, 0.25) is 5.89 Å². The van der Waals surface area contributed by atoms with Crippen LogP contribution in [0, 0.1) is 12.8 Å². The van der Waals surface area contributed by atoms with Crippen molar-refractivity contribution in [3.63, 3.8) is 0 Å². The highest BCUT2D eigenvalue weighted by Gasteiger charge is 2.25. The minimum Gasteiger partial charge on any atom is -0.493 e. The molecule has 3 rings (SSSR count). The second-order valence-corrected chi connectivity index (χ2v) is 6.48. The predicted molar refractivity (Wildman–Crippen MR) is 95.4 cm³/mol. The van der Waals surface area contributed by atoms with Crippen LogP contribution in [0.25, 0.3) is 11.5 Å². The van der Waals surface area contributed by atoms with E-state index in [2.05, 4.69) is 9.88 Å². The zero-order chi connectivity index (χ0) is 18.7. The fourth-order valence-corrected chi connectivity index (χ4v) is 3.22. The molecule has 2 aromatic rings. The minimum atomic E-state index is -0.696. The lowest BCUT2D eigenvalue weighted by Crippen LogP contribution is -2.36. The summed E-state index contributed by atoms with van der Waals surface area (Å²) in [6.45, 7) is 4.08. The summed E-state index contributed by atoms with van der Waals surface area (Å²) >= 11 is 0. The number of benzene rings is 1. The molecule has 0 unspecified atom stereocenters. The molecule has 7 nitrogen and oxygen atoms in total. The van der Waals surface area contributed by atoms with Crippen LogP contribution in [-0.4, -0.2) is 48.3 Å². The summed E-state index contributed by atoms with van der Waals surface area (Å²) in [7, 11) is 3.19. The van der Waals surface area contributed by atoms with E-state index in [-0.39, 0.29) is 5.92 Å². The molecule has 1 aromatic heterocycles. The quantitative estimate of drug-likeness (QED) is 0.847. The summed E-state index contributed by atoms with van der Waals surface area (Å²) in [4.78, 5) is 17.9. The van der Waals surface area contributed by atoms with E-state index in [1.54, 1.807) is 14.2 Å². The Kier molecular flexibility index (Phi) is 5.46. The smallest absolute Gasteiger partial charge is 0.306 e. The molecule has 1 aliphatic rings. The zero-order valence-corrected chi connectivity index (χ0v) is 15.3. The summed E-state index contributed by atoms with van der Waals surface area (Å²) in [5, 5.41) is 9.10. The summed E-state index contributed by atoms with van der Waals surface area (Å²) in [6.07, 6.45) is 1.35. The largest absolute Gasteiger partial charge is 0.493 e. The van der Waals surface area contributed by atoms with Gasteiger partial charge >= 0.3 is 5.97 Å². The van der Waals surface area contributed by atoms with Crippen LogP contribution < -0.4 is 9.47 Å². The van der Waals surface area contributed by atoms with Gasteiger partial charge in [-0.15, -0.1) is 0 Å². The van der Waals surface area contributed by atoms with Crippen molar-refractivity contribution in [1.82, 2.24) is 9.88 Å². The van der Waals surface area contributed by atoms with E-state index < -0.39 is 5.97 Å². The molecule has 26 heavy (non-hydrogen) atoms. The van der Waals surface area contributed by atoms with Gasteiger partial charge in [0.1, 0.15) is 5.76 Å². The molecule has 1 aliphatic heterocycles. The van der Waals surface area contributed by atoms with Crippen molar-refractivity contribution in [2.75, 3.05) is 27.3 Å². The number of likely N-dealkylation sites (tertiary alicyclic amines) is 1. The maximum absolute atomic E-state index is 11.1. The molecule has 2 heterocycles. The first kappa shape index (κ1) is 18.3. The zero-order valence-electron chi connectivity index (χ0n) is 15.3.